The van der Waals surface area contributed by atoms with E-state index in [2.05, 4.69) is 57.4 Å². The van der Waals surface area contributed by atoms with Crippen molar-refractivity contribution in [2.45, 2.75) is 58.6 Å². The van der Waals surface area contributed by atoms with Crippen LogP contribution < -0.4 is 10.1 Å². The fourth-order valence-corrected chi connectivity index (χ4v) is 2.43. The van der Waals surface area contributed by atoms with Gasteiger partial charge in [0.15, 0.2) is 0 Å². The van der Waals surface area contributed by atoms with E-state index in [0.717, 1.165) is 12.2 Å². The zero-order valence-electron chi connectivity index (χ0n) is 12.7. The zero-order chi connectivity index (χ0) is 13.9. The second-order valence-corrected chi connectivity index (χ2v) is 6.71. The van der Waals surface area contributed by atoms with Gasteiger partial charge in [-0.05, 0) is 55.8 Å². The molecule has 2 nitrogen and oxygen atoms in total. The fraction of sp³-hybridized carbons (Fsp3) is 0.647. The maximum Gasteiger partial charge on any atom is 0.119 e. The molecule has 0 aromatic heterocycles. The van der Waals surface area contributed by atoms with E-state index in [-0.39, 0.29) is 0 Å². The van der Waals surface area contributed by atoms with Crippen molar-refractivity contribution >= 4 is 0 Å². The van der Waals surface area contributed by atoms with Gasteiger partial charge in [-0.1, -0.05) is 32.9 Å². The molecule has 0 spiro atoms. The predicted molar refractivity (Wildman–Crippen MR) is 80.7 cm³/mol. The molecule has 2 rings (SSSR count). The number of benzene rings is 1. The molecule has 1 saturated carbocycles. The van der Waals surface area contributed by atoms with Crippen LogP contribution in [0.1, 0.15) is 45.6 Å². The van der Waals surface area contributed by atoms with Crippen LogP contribution in [0.3, 0.4) is 0 Å². The van der Waals surface area contributed by atoms with Gasteiger partial charge in [-0.3, -0.25) is 0 Å². The van der Waals surface area contributed by atoms with Crippen molar-refractivity contribution in [3.05, 3.63) is 29.8 Å². The Morgan fingerprint density at radius 1 is 1.21 bits per heavy atom. The second-order valence-electron chi connectivity index (χ2n) is 6.71. The highest BCUT2D eigenvalue weighted by molar-refractivity contribution is 5.28. The summed E-state index contributed by atoms with van der Waals surface area (Å²) < 4.78 is 5.77. The summed E-state index contributed by atoms with van der Waals surface area (Å²) >= 11 is 0. The van der Waals surface area contributed by atoms with E-state index in [1.165, 1.54) is 24.8 Å². The van der Waals surface area contributed by atoms with E-state index in [1.54, 1.807) is 0 Å². The van der Waals surface area contributed by atoms with Gasteiger partial charge in [-0.15, -0.1) is 0 Å². The maximum atomic E-state index is 5.77. The summed E-state index contributed by atoms with van der Waals surface area (Å²) in [5, 5.41) is 3.43. The monoisotopic (exact) mass is 261 g/mol. The first-order valence-corrected chi connectivity index (χ1v) is 7.42. The third kappa shape index (κ3) is 4.54. The summed E-state index contributed by atoms with van der Waals surface area (Å²) in [6.45, 7) is 6.88. The first kappa shape index (κ1) is 14.4. The minimum Gasteiger partial charge on any atom is -0.490 e. The molecule has 1 aromatic rings. The topological polar surface area (TPSA) is 21.3 Å². The molecule has 1 aliphatic carbocycles. The van der Waals surface area contributed by atoms with Crippen molar-refractivity contribution in [3.8, 4) is 5.75 Å². The van der Waals surface area contributed by atoms with Gasteiger partial charge < -0.3 is 10.1 Å². The van der Waals surface area contributed by atoms with E-state index in [0.29, 0.717) is 17.6 Å². The Hall–Kier alpha value is -1.02. The summed E-state index contributed by atoms with van der Waals surface area (Å²) in [6.07, 6.45) is 5.21. The van der Waals surface area contributed by atoms with Crippen molar-refractivity contribution in [2.75, 3.05) is 7.05 Å². The SMILES string of the molecule is CNC(CCc1ccc(OC2CC2)cc1)C(C)(C)C. The van der Waals surface area contributed by atoms with Crippen LogP contribution in [0.2, 0.25) is 0 Å². The lowest BCUT2D eigenvalue weighted by molar-refractivity contribution is 0.268. The lowest BCUT2D eigenvalue weighted by atomic mass is 9.83. The number of rotatable bonds is 6. The van der Waals surface area contributed by atoms with Crippen molar-refractivity contribution < 1.29 is 4.74 Å². The first-order valence-electron chi connectivity index (χ1n) is 7.42. The highest BCUT2D eigenvalue weighted by atomic mass is 16.5. The smallest absolute Gasteiger partial charge is 0.119 e. The van der Waals surface area contributed by atoms with Crippen LogP contribution in [0.5, 0.6) is 5.75 Å². The van der Waals surface area contributed by atoms with Crippen molar-refractivity contribution in [1.82, 2.24) is 5.32 Å². The Labute approximate surface area is 117 Å². The molecule has 0 bridgehead atoms. The Balaban J connectivity index is 1.84. The summed E-state index contributed by atoms with van der Waals surface area (Å²) in [7, 11) is 2.06. The van der Waals surface area contributed by atoms with Gasteiger partial charge in [0.2, 0.25) is 0 Å². The van der Waals surface area contributed by atoms with Gasteiger partial charge in [0.05, 0.1) is 6.10 Å². The van der Waals surface area contributed by atoms with Crippen LogP contribution in [0.25, 0.3) is 0 Å². The van der Waals surface area contributed by atoms with Crippen LogP contribution >= 0.6 is 0 Å². The number of hydrogen-bond acceptors (Lipinski definition) is 2. The van der Waals surface area contributed by atoms with Gasteiger partial charge in [-0.25, -0.2) is 0 Å². The number of nitrogens with one attached hydrogen (secondary N) is 1. The number of hydrogen-bond donors (Lipinski definition) is 1. The molecule has 1 unspecified atom stereocenters. The molecule has 1 aliphatic rings. The standard InChI is InChI=1S/C17H27NO/c1-17(2,3)16(18-4)12-7-13-5-8-14(9-6-13)19-15-10-11-15/h5-6,8-9,15-16,18H,7,10-12H2,1-4H3. The molecule has 0 radical (unpaired) electrons. The molecule has 2 heteroatoms. The molecular formula is C17H27NO. The van der Waals surface area contributed by atoms with Crippen LogP contribution in [-0.2, 0) is 6.42 Å². The van der Waals surface area contributed by atoms with Gasteiger partial charge in [0.25, 0.3) is 0 Å². The Morgan fingerprint density at radius 3 is 2.32 bits per heavy atom. The van der Waals surface area contributed by atoms with Crippen LogP contribution in [0, 0.1) is 5.41 Å². The molecule has 0 aliphatic heterocycles. The minimum absolute atomic E-state index is 0.309. The maximum absolute atomic E-state index is 5.77. The largest absolute Gasteiger partial charge is 0.490 e. The van der Waals surface area contributed by atoms with E-state index in [4.69, 9.17) is 4.74 Å². The summed E-state index contributed by atoms with van der Waals surface area (Å²) in [5.74, 6) is 1.02. The summed E-state index contributed by atoms with van der Waals surface area (Å²) in [6, 6.07) is 9.17. The molecule has 106 valence electrons. The van der Waals surface area contributed by atoms with Crippen molar-refractivity contribution in [1.29, 1.82) is 0 Å². The van der Waals surface area contributed by atoms with Crippen LogP contribution in [-0.4, -0.2) is 19.2 Å². The van der Waals surface area contributed by atoms with Crippen LogP contribution in [0.4, 0.5) is 0 Å². The average Bonchev–Trinajstić information content (AvgIpc) is 3.14. The molecule has 1 N–H and O–H groups in total. The van der Waals surface area contributed by atoms with Crippen molar-refractivity contribution in [3.63, 3.8) is 0 Å². The second kappa shape index (κ2) is 5.96. The fourth-order valence-electron chi connectivity index (χ4n) is 2.43. The van der Waals surface area contributed by atoms with Gasteiger partial charge in [-0.2, -0.15) is 0 Å². The Bertz CT molecular complexity index is 387. The number of aryl methyl sites for hydroxylation is 1. The van der Waals surface area contributed by atoms with E-state index in [9.17, 15) is 0 Å². The third-order valence-corrected chi connectivity index (χ3v) is 3.87. The average molecular weight is 261 g/mol. The lowest BCUT2D eigenvalue weighted by Crippen LogP contribution is -2.38. The molecule has 0 saturated heterocycles. The predicted octanol–water partition coefficient (Wildman–Crippen LogP) is 3.79. The van der Waals surface area contributed by atoms with Gasteiger partial charge in [0, 0.05) is 6.04 Å². The molecule has 0 heterocycles. The molecule has 1 fully saturated rings. The normalized spacial score (nSPS) is 17.3. The van der Waals surface area contributed by atoms with E-state index >= 15 is 0 Å². The first-order chi connectivity index (χ1) is 8.99. The van der Waals surface area contributed by atoms with Crippen molar-refractivity contribution in [2.24, 2.45) is 5.41 Å². The molecular weight excluding hydrogens is 234 g/mol. The Morgan fingerprint density at radius 2 is 1.84 bits per heavy atom. The number of ether oxygens (including phenoxy) is 1. The molecule has 1 atom stereocenters. The quantitative estimate of drug-likeness (QED) is 0.841. The molecule has 19 heavy (non-hydrogen) atoms. The van der Waals surface area contributed by atoms with Gasteiger partial charge in [0.1, 0.15) is 5.75 Å². The summed E-state index contributed by atoms with van der Waals surface area (Å²) in [4.78, 5) is 0. The highest BCUT2D eigenvalue weighted by Crippen LogP contribution is 2.27. The van der Waals surface area contributed by atoms with Crippen LogP contribution in [0.15, 0.2) is 24.3 Å². The lowest BCUT2D eigenvalue weighted by Gasteiger charge is -2.30. The molecule has 0 amide bonds. The summed E-state index contributed by atoms with van der Waals surface area (Å²) in [5.41, 5.74) is 1.71. The minimum atomic E-state index is 0.309. The van der Waals surface area contributed by atoms with Gasteiger partial charge >= 0.3 is 0 Å². The molecule has 1 aromatic carbocycles. The Kier molecular flexibility index (Phi) is 4.51. The van der Waals surface area contributed by atoms with E-state index in [1.807, 2.05) is 0 Å². The third-order valence-electron chi connectivity index (χ3n) is 3.87. The zero-order valence-corrected chi connectivity index (χ0v) is 12.7. The highest BCUT2D eigenvalue weighted by Gasteiger charge is 2.24. The van der Waals surface area contributed by atoms with E-state index < -0.39 is 0 Å².